The third-order valence-electron chi connectivity index (χ3n) is 2.21. The molecule has 4 heteroatoms. The van der Waals surface area contributed by atoms with E-state index in [1.165, 1.54) is 12.1 Å². The molecule has 0 radical (unpaired) electrons. The van der Waals surface area contributed by atoms with Crippen LogP contribution in [0.1, 0.15) is 11.1 Å². The Hall–Kier alpha value is -0.970. The van der Waals surface area contributed by atoms with Gasteiger partial charge in [-0.15, -0.1) is 0 Å². The molecule has 0 bridgehead atoms. The monoisotopic (exact) mass is 213 g/mol. The van der Waals surface area contributed by atoms with E-state index in [4.69, 9.17) is 10.2 Å². The molecule has 0 saturated carbocycles. The summed E-state index contributed by atoms with van der Waals surface area (Å²) >= 11 is 0. The van der Waals surface area contributed by atoms with Crippen LogP contribution in [0.15, 0.2) is 18.2 Å². The molecule has 0 amide bonds. The van der Waals surface area contributed by atoms with Gasteiger partial charge in [0.2, 0.25) is 0 Å². The highest BCUT2D eigenvalue weighted by Crippen LogP contribution is 2.09. The summed E-state index contributed by atoms with van der Waals surface area (Å²) < 4.78 is 12.8. The molecule has 1 rings (SSSR count). The van der Waals surface area contributed by atoms with Gasteiger partial charge in [0.1, 0.15) is 5.82 Å². The van der Waals surface area contributed by atoms with E-state index in [1.54, 1.807) is 6.07 Å². The number of benzene rings is 1. The molecular formula is C11H16FNO2. The Morgan fingerprint density at radius 2 is 2.20 bits per heavy atom. The molecule has 84 valence electrons. The molecule has 0 spiro atoms. The average Bonchev–Trinajstić information content (AvgIpc) is 2.21. The second kappa shape index (κ2) is 5.80. The van der Waals surface area contributed by atoms with Crippen molar-refractivity contribution in [1.29, 1.82) is 0 Å². The van der Waals surface area contributed by atoms with Crippen molar-refractivity contribution in [2.75, 3.05) is 13.2 Å². The molecule has 3 N–H and O–H groups in total. The minimum Gasteiger partial charge on any atom is -0.394 e. The molecule has 0 aromatic heterocycles. The Balaban J connectivity index is 2.44. The summed E-state index contributed by atoms with van der Waals surface area (Å²) in [5.41, 5.74) is 1.86. The van der Waals surface area contributed by atoms with Gasteiger partial charge in [0.25, 0.3) is 0 Å². The molecule has 15 heavy (non-hydrogen) atoms. The molecule has 0 fully saturated rings. The fourth-order valence-electron chi connectivity index (χ4n) is 1.30. The fraction of sp³-hybridized carbons (Fsp3) is 0.455. The van der Waals surface area contributed by atoms with Crippen molar-refractivity contribution in [3.63, 3.8) is 0 Å². The van der Waals surface area contributed by atoms with Gasteiger partial charge in [-0.3, -0.25) is 0 Å². The molecule has 0 aliphatic carbocycles. The number of aliphatic hydroxyl groups excluding tert-OH is 2. The lowest BCUT2D eigenvalue weighted by atomic mass is 10.1. The quantitative estimate of drug-likeness (QED) is 0.670. The Morgan fingerprint density at radius 1 is 1.47 bits per heavy atom. The summed E-state index contributed by atoms with van der Waals surface area (Å²) in [5.74, 6) is -0.244. The zero-order valence-electron chi connectivity index (χ0n) is 8.70. The van der Waals surface area contributed by atoms with Crippen molar-refractivity contribution in [2.24, 2.45) is 0 Å². The van der Waals surface area contributed by atoms with E-state index >= 15 is 0 Å². The van der Waals surface area contributed by atoms with Gasteiger partial charge in [-0.2, -0.15) is 0 Å². The molecule has 1 aromatic rings. The highest BCUT2D eigenvalue weighted by molar-refractivity contribution is 5.26. The van der Waals surface area contributed by atoms with E-state index in [0.717, 1.165) is 11.1 Å². The standard InChI is InChI=1S/C11H16FNO2/c1-8-4-10(12)3-2-9(8)5-13-6-11(15)7-14/h2-4,11,13-15H,5-7H2,1H3. The van der Waals surface area contributed by atoms with Gasteiger partial charge in [-0.1, -0.05) is 6.07 Å². The molecule has 0 aliphatic heterocycles. The summed E-state index contributed by atoms with van der Waals surface area (Å²) in [6.07, 6.45) is -0.745. The minimum absolute atomic E-state index is 0.244. The SMILES string of the molecule is Cc1cc(F)ccc1CNCC(O)CO. The van der Waals surface area contributed by atoms with E-state index in [-0.39, 0.29) is 12.4 Å². The molecule has 1 unspecified atom stereocenters. The third-order valence-corrected chi connectivity index (χ3v) is 2.21. The topological polar surface area (TPSA) is 52.5 Å². The van der Waals surface area contributed by atoms with Gasteiger partial charge in [-0.25, -0.2) is 4.39 Å². The summed E-state index contributed by atoms with van der Waals surface area (Å²) in [4.78, 5) is 0. The molecule has 1 aromatic carbocycles. The lowest BCUT2D eigenvalue weighted by molar-refractivity contribution is 0.0942. The molecular weight excluding hydrogens is 197 g/mol. The van der Waals surface area contributed by atoms with E-state index < -0.39 is 6.10 Å². The van der Waals surface area contributed by atoms with Crippen molar-refractivity contribution in [1.82, 2.24) is 5.32 Å². The molecule has 0 aliphatic rings. The van der Waals surface area contributed by atoms with E-state index in [1.807, 2.05) is 6.92 Å². The second-order valence-electron chi connectivity index (χ2n) is 3.54. The van der Waals surface area contributed by atoms with Crippen molar-refractivity contribution in [3.8, 4) is 0 Å². The normalized spacial score (nSPS) is 12.8. The second-order valence-corrected chi connectivity index (χ2v) is 3.54. The Kier molecular flexibility index (Phi) is 4.68. The van der Waals surface area contributed by atoms with Crippen LogP contribution in [0, 0.1) is 12.7 Å². The Labute approximate surface area is 88.6 Å². The molecule has 1 atom stereocenters. The van der Waals surface area contributed by atoms with Crippen LogP contribution in [0.2, 0.25) is 0 Å². The highest BCUT2D eigenvalue weighted by Gasteiger charge is 2.02. The van der Waals surface area contributed by atoms with Gasteiger partial charge in [-0.05, 0) is 30.2 Å². The predicted molar refractivity (Wildman–Crippen MR) is 55.9 cm³/mol. The Bertz CT molecular complexity index is 317. The summed E-state index contributed by atoms with van der Waals surface area (Å²) in [6.45, 7) is 2.47. The van der Waals surface area contributed by atoms with Gasteiger partial charge < -0.3 is 15.5 Å². The van der Waals surface area contributed by atoms with Gasteiger partial charge in [0.05, 0.1) is 12.7 Å². The van der Waals surface area contributed by atoms with Crippen LogP contribution in [0.3, 0.4) is 0 Å². The van der Waals surface area contributed by atoms with Gasteiger partial charge >= 0.3 is 0 Å². The number of halogens is 1. The first-order chi connectivity index (χ1) is 7.13. The maximum absolute atomic E-state index is 12.8. The smallest absolute Gasteiger partial charge is 0.123 e. The van der Waals surface area contributed by atoms with Gasteiger partial charge in [0.15, 0.2) is 0 Å². The fourth-order valence-corrected chi connectivity index (χ4v) is 1.30. The average molecular weight is 213 g/mol. The maximum atomic E-state index is 12.8. The van der Waals surface area contributed by atoms with Crippen LogP contribution in [0.5, 0.6) is 0 Å². The third kappa shape index (κ3) is 3.95. The van der Waals surface area contributed by atoms with E-state index in [2.05, 4.69) is 5.32 Å². The lowest BCUT2D eigenvalue weighted by Crippen LogP contribution is -2.29. The zero-order chi connectivity index (χ0) is 11.3. The van der Waals surface area contributed by atoms with Crippen LogP contribution < -0.4 is 5.32 Å². The van der Waals surface area contributed by atoms with Crippen molar-refractivity contribution in [3.05, 3.63) is 35.1 Å². The minimum atomic E-state index is -0.745. The highest BCUT2D eigenvalue weighted by atomic mass is 19.1. The maximum Gasteiger partial charge on any atom is 0.123 e. The molecule has 0 saturated heterocycles. The first-order valence-corrected chi connectivity index (χ1v) is 4.88. The molecule has 0 heterocycles. The van der Waals surface area contributed by atoms with E-state index in [9.17, 15) is 4.39 Å². The predicted octanol–water partition coefficient (Wildman–Crippen LogP) is 0.577. The summed E-state index contributed by atoms with van der Waals surface area (Å²) in [5, 5.41) is 20.6. The first kappa shape index (κ1) is 12.1. The van der Waals surface area contributed by atoms with Crippen LogP contribution in [0.4, 0.5) is 4.39 Å². The number of hydrogen-bond acceptors (Lipinski definition) is 3. The zero-order valence-corrected chi connectivity index (χ0v) is 8.70. The lowest BCUT2D eigenvalue weighted by Gasteiger charge is -2.10. The Morgan fingerprint density at radius 3 is 2.80 bits per heavy atom. The first-order valence-electron chi connectivity index (χ1n) is 4.88. The van der Waals surface area contributed by atoms with Crippen LogP contribution in [0.25, 0.3) is 0 Å². The van der Waals surface area contributed by atoms with Crippen molar-refractivity contribution in [2.45, 2.75) is 19.6 Å². The molecule has 3 nitrogen and oxygen atoms in total. The largest absolute Gasteiger partial charge is 0.394 e. The number of nitrogens with one attached hydrogen (secondary N) is 1. The number of hydrogen-bond donors (Lipinski definition) is 3. The van der Waals surface area contributed by atoms with Crippen molar-refractivity contribution >= 4 is 0 Å². The van der Waals surface area contributed by atoms with Crippen molar-refractivity contribution < 1.29 is 14.6 Å². The van der Waals surface area contributed by atoms with Crippen LogP contribution in [-0.4, -0.2) is 29.5 Å². The number of aryl methyl sites for hydroxylation is 1. The summed E-state index contributed by atoms with van der Waals surface area (Å²) in [7, 11) is 0. The van der Waals surface area contributed by atoms with Gasteiger partial charge in [0, 0.05) is 13.1 Å². The van der Waals surface area contributed by atoms with Crippen LogP contribution in [-0.2, 0) is 6.54 Å². The number of rotatable bonds is 5. The van der Waals surface area contributed by atoms with E-state index in [0.29, 0.717) is 13.1 Å². The number of aliphatic hydroxyl groups is 2. The summed E-state index contributed by atoms with van der Waals surface area (Å²) in [6, 6.07) is 4.59. The van der Waals surface area contributed by atoms with Crippen LogP contribution >= 0.6 is 0 Å².